The largest absolute Gasteiger partial charge is 0.459 e. The van der Waals surface area contributed by atoms with Gasteiger partial charge in [-0.1, -0.05) is 0 Å². The minimum absolute atomic E-state index is 0.0319. The zero-order valence-corrected chi connectivity index (χ0v) is 11.4. The van der Waals surface area contributed by atoms with Gasteiger partial charge in [-0.15, -0.1) is 0 Å². The molecule has 1 aromatic carbocycles. The van der Waals surface area contributed by atoms with E-state index in [2.05, 4.69) is 0 Å². The monoisotopic (exact) mass is 276 g/mol. The third kappa shape index (κ3) is 2.45. The maximum Gasteiger partial charge on any atom is 0.340 e. The summed E-state index contributed by atoms with van der Waals surface area (Å²) in [5, 5.41) is 0. The molecule has 1 unspecified atom stereocenters. The topological polar surface area (TPSA) is 87.6 Å². The van der Waals surface area contributed by atoms with Crippen LogP contribution in [0.3, 0.4) is 0 Å². The number of rotatable bonds is 2. The summed E-state index contributed by atoms with van der Waals surface area (Å²) in [5.41, 5.74) is 12.7. The van der Waals surface area contributed by atoms with Gasteiger partial charge in [-0.25, -0.2) is 4.79 Å². The second-order valence-electron chi connectivity index (χ2n) is 5.75. The maximum atomic E-state index is 12.2. The summed E-state index contributed by atoms with van der Waals surface area (Å²) in [6.07, 6.45) is 4.83. The highest BCUT2D eigenvalue weighted by molar-refractivity contribution is 5.95. The van der Waals surface area contributed by atoms with Crippen LogP contribution in [0.4, 0.5) is 11.4 Å². The highest BCUT2D eigenvalue weighted by Crippen LogP contribution is 2.43. The SMILES string of the molecule is Nc1ccc(C(=O)OC2CCOC3(CCC3)C2)c(N)c1. The summed E-state index contributed by atoms with van der Waals surface area (Å²) in [5.74, 6) is -0.371. The molecule has 1 aliphatic heterocycles. The number of esters is 1. The van der Waals surface area contributed by atoms with E-state index in [-0.39, 0.29) is 17.7 Å². The van der Waals surface area contributed by atoms with Crippen molar-refractivity contribution in [1.82, 2.24) is 0 Å². The van der Waals surface area contributed by atoms with Crippen molar-refractivity contribution in [2.24, 2.45) is 0 Å². The van der Waals surface area contributed by atoms with Gasteiger partial charge in [0.1, 0.15) is 6.10 Å². The van der Waals surface area contributed by atoms with Crippen LogP contribution in [-0.4, -0.2) is 24.3 Å². The number of nitrogens with two attached hydrogens (primary N) is 2. The minimum Gasteiger partial charge on any atom is -0.459 e. The molecule has 2 fully saturated rings. The molecule has 1 spiro atoms. The molecule has 5 nitrogen and oxygen atoms in total. The molecule has 1 aromatic rings. The molecule has 4 N–H and O–H groups in total. The van der Waals surface area contributed by atoms with Gasteiger partial charge in [0.2, 0.25) is 0 Å². The van der Waals surface area contributed by atoms with E-state index in [0.717, 1.165) is 25.7 Å². The number of carbonyl (C=O) groups excluding carboxylic acids is 1. The van der Waals surface area contributed by atoms with Crippen LogP contribution in [0.2, 0.25) is 0 Å². The molecule has 3 rings (SSSR count). The maximum absolute atomic E-state index is 12.2. The second-order valence-corrected chi connectivity index (χ2v) is 5.75. The molecule has 1 saturated carbocycles. The van der Waals surface area contributed by atoms with Crippen molar-refractivity contribution in [3.05, 3.63) is 23.8 Å². The lowest BCUT2D eigenvalue weighted by molar-refractivity contribution is -0.159. The van der Waals surface area contributed by atoms with Crippen molar-refractivity contribution < 1.29 is 14.3 Å². The molecular weight excluding hydrogens is 256 g/mol. The number of carbonyl (C=O) groups is 1. The van der Waals surface area contributed by atoms with Gasteiger partial charge < -0.3 is 20.9 Å². The number of ether oxygens (including phenoxy) is 2. The van der Waals surface area contributed by atoms with Gasteiger partial charge in [0, 0.05) is 24.2 Å². The minimum atomic E-state index is -0.371. The molecular formula is C15H20N2O3. The van der Waals surface area contributed by atoms with E-state index < -0.39 is 0 Å². The van der Waals surface area contributed by atoms with E-state index in [1.165, 1.54) is 6.42 Å². The third-order valence-corrected chi connectivity index (χ3v) is 4.28. The molecule has 0 amide bonds. The number of hydrogen-bond acceptors (Lipinski definition) is 5. The van der Waals surface area contributed by atoms with Gasteiger partial charge >= 0.3 is 5.97 Å². The Labute approximate surface area is 118 Å². The zero-order chi connectivity index (χ0) is 14.2. The summed E-state index contributed by atoms with van der Waals surface area (Å²) < 4.78 is 11.4. The normalized spacial score (nSPS) is 24.1. The van der Waals surface area contributed by atoms with Crippen molar-refractivity contribution in [2.75, 3.05) is 18.1 Å². The Kier molecular flexibility index (Phi) is 3.30. The molecule has 2 aliphatic rings. The summed E-state index contributed by atoms with van der Waals surface area (Å²) in [6.45, 7) is 0.662. The van der Waals surface area contributed by atoms with Crippen LogP contribution in [0.5, 0.6) is 0 Å². The lowest BCUT2D eigenvalue weighted by atomic mass is 9.74. The number of nitrogen functional groups attached to an aromatic ring is 2. The van der Waals surface area contributed by atoms with Crippen molar-refractivity contribution in [3.63, 3.8) is 0 Å². The van der Waals surface area contributed by atoms with E-state index in [9.17, 15) is 4.79 Å². The Balaban J connectivity index is 1.66. The molecule has 1 saturated heterocycles. The first-order valence-corrected chi connectivity index (χ1v) is 7.08. The van der Waals surface area contributed by atoms with E-state index in [4.69, 9.17) is 20.9 Å². The summed E-state index contributed by atoms with van der Waals surface area (Å²) in [6, 6.07) is 4.85. The van der Waals surface area contributed by atoms with Gasteiger partial charge in [0.15, 0.2) is 0 Å². The highest BCUT2D eigenvalue weighted by atomic mass is 16.6. The number of anilines is 2. The molecule has 1 atom stereocenters. The lowest BCUT2D eigenvalue weighted by Crippen LogP contribution is -2.48. The highest BCUT2D eigenvalue weighted by Gasteiger charge is 2.43. The quantitative estimate of drug-likeness (QED) is 0.638. The molecule has 0 radical (unpaired) electrons. The van der Waals surface area contributed by atoms with Gasteiger partial charge in [-0.3, -0.25) is 0 Å². The lowest BCUT2D eigenvalue weighted by Gasteiger charge is -2.46. The smallest absolute Gasteiger partial charge is 0.340 e. The fourth-order valence-electron chi connectivity index (χ4n) is 2.98. The molecule has 108 valence electrons. The molecule has 1 aliphatic carbocycles. The summed E-state index contributed by atoms with van der Waals surface area (Å²) in [7, 11) is 0. The fourth-order valence-corrected chi connectivity index (χ4v) is 2.98. The van der Waals surface area contributed by atoms with E-state index in [0.29, 0.717) is 23.5 Å². The van der Waals surface area contributed by atoms with E-state index in [1.807, 2.05) is 0 Å². The summed E-state index contributed by atoms with van der Waals surface area (Å²) >= 11 is 0. The van der Waals surface area contributed by atoms with Crippen LogP contribution in [0, 0.1) is 0 Å². The van der Waals surface area contributed by atoms with Crippen molar-refractivity contribution >= 4 is 17.3 Å². The van der Waals surface area contributed by atoms with Crippen LogP contribution in [-0.2, 0) is 9.47 Å². The van der Waals surface area contributed by atoms with E-state index in [1.54, 1.807) is 18.2 Å². The number of hydrogen-bond donors (Lipinski definition) is 2. The molecule has 0 bridgehead atoms. The van der Waals surface area contributed by atoms with Crippen LogP contribution in [0.15, 0.2) is 18.2 Å². The van der Waals surface area contributed by atoms with E-state index >= 15 is 0 Å². The Bertz CT molecular complexity index is 526. The fraction of sp³-hybridized carbons (Fsp3) is 0.533. The molecule has 20 heavy (non-hydrogen) atoms. The molecule has 5 heteroatoms. The van der Waals surface area contributed by atoms with Crippen molar-refractivity contribution in [1.29, 1.82) is 0 Å². The average molecular weight is 276 g/mol. The Morgan fingerprint density at radius 3 is 2.80 bits per heavy atom. The van der Waals surface area contributed by atoms with Crippen molar-refractivity contribution in [2.45, 2.75) is 43.8 Å². The molecule has 0 aromatic heterocycles. The third-order valence-electron chi connectivity index (χ3n) is 4.28. The first kappa shape index (κ1) is 13.2. The predicted molar refractivity (Wildman–Crippen MR) is 76.2 cm³/mol. The number of benzene rings is 1. The van der Waals surface area contributed by atoms with Crippen molar-refractivity contribution in [3.8, 4) is 0 Å². The Morgan fingerprint density at radius 2 is 2.15 bits per heavy atom. The first-order valence-electron chi connectivity index (χ1n) is 7.08. The van der Waals surface area contributed by atoms with Crippen LogP contribution in [0.1, 0.15) is 42.5 Å². The standard InChI is InChI=1S/C15H20N2O3/c16-10-2-3-12(13(17)8-10)14(18)20-11-4-7-19-15(9-11)5-1-6-15/h2-3,8,11H,1,4-7,9,16-17H2. The zero-order valence-electron chi connectivity index (χ0n) is 11.4. The van der Waals surface area contributed by atoms with Crippen LogP contribution < -0.4 is 11.5 Å². The Hall–Kier alpha value is -1.75. The first-order chi connectivity index (χ1) is 9.58. The van der Waals surface area contributed by atoms with Crippen LogP contribution in [0.25, 0.3) is 0 Å². The van der Waals surface area contributed by atoms with Gasteiger partial charge in [-0.05, 0) is 37.5 Å². The van der Waals surface area contributed by atoms with Gasteiger partial charge in [0.05, 0.1) is 17.8 Å². The predicted octanol–water partition coefficient (Wildman–Crippen LogP) is 2.11. The average Bonchev–Trinajstić information content (AvgIpc) is 2.37. The second kappa shape index (κ2) is 4.98. The Morgan fingerprint density at radius 1 is 1.35 bits per heavy atom. The van der Waals surface area contributed by atoms with Crippen LogP contribution >= 0.6 is 0 Å². The van der Waals surface area contributed by atoms with Gasteiger partial charge in [-0.2, -0.15) is 0 Å². The summed E-state index contributed by atoms with van der Waals surface area (Å²) in [4.78, 5) is 12.2. The molecule has 1 heterocycles. The van der Waals surface area contributed by atoms with Gasteiger partial charge in [0.25, 0.3) is 0 Å².